The van der Waals surface area contributed by atoms with Crippen molar-refractivity contribution in [3.8, 4) is 11.2 Å². The van der Waals surface area contributed by atoms with Crippen molar-refractivity contribution in [1.82, 2.24) is 9.55 Å². The molecule has 124 valence electrons. The maximum absolute atomic E-state index is 12.7. The molecule has 0 aliphatic carbocycles. The lowest BCUT2D eigenvalue weighted by Gasteiger charge is -2.05. The molecule has 0 amide bonds. The fourth-order valence-corrected chi connectivity index (χ4v) is 3.55. The third kappa shape index (κ3) is 3.30. The van der Waals surface area contributed by atoms with Crippen LogP contribution in [0.2, 0.25) is 0 Å². The van der Waals surface area contributed by atoms with Crippen molar-refractivity contribution in [3.63, 3.8) is 0 Å². The van der Waals surface area contributed by atoms with Crippen molar-refractivity contribution in [2.24, 2.45) is 0 Å². The maximum atomic E-state index is 12.7. The van der Waals surface area contributed by atoms with Gasteiger partial charge >= 0.3 is 0 Å². The van der Waals surface area contributed by atoms with E-state index in [0.717, 1.165) is 27.6 Å². The Kier molecular flexibility index (Phi) is 4.64. The lowest BCUT2D eigenvalue weighted by Crippen LogP contribution is -2.02. The second kappa shape index (κ2) is 6.88. The molecule has 2 aromatic heterocycles. The van der Waals surface area contributed by atoms with E-state index in [4.69, 9.17) is 0 Å². The summed E-state index contributed by atoms with van der Waals surface area (Å²) in [4.78, 5) is 17.0. The number of carbonyl (C=O) groups is 1. The molecule has 0 N–H and O–H groups in total. The summed E-state index contributed by atoms with van der Waals surface area (Å²) in [5, 5.41) is 12.3. The number of hydrogen-bond acceptors (Lipinski definition) is 4. The molecule has 0 fully saturated rings. The van der Waals surface area contributed by atoms with E-state index in [-0.39, 0.29) is 11.4 Å². The SMILES string of the molecule is Cc1cccc(C(=O)/C(C#N)=C/c2cc(C)n(-c3nccs3)c2C)c1. The molecule has 0 radical (unpaired) electrons. The van der Waals surface area contributed by atoms with E-state index in [2.05, 4.69) is 4.98 Å². The van der Waals surface area contributed by atoms with Gasteiger partial charge in [0.05, 0.1) is 0 Å². The number of hydrogen-bond donors (Lipinski definition) is 0. The van der Waals surface area contributed by atoms with Gasteiger partial charge in [-0.25, -0.2) is 4.98 Å². The minimum atomic E-state index is -0.259. The predicted octanol–water partition coefficient (Wildman–Crippen LogP) is 4.65. The van der Waals surface area contributed by atoms with Gasteiger partial charge < -0.3 is 0 Å². The van der Waals surface area contributed by atoms with Gasteiger partial charge in [-0.15, -0.1) is 11.3 Å². The molecule has 0 spiro atoms. The van der Waals surface area contributed by atoms with Crippen molar-refractivity contribution in [3.05, 3.63) is 75.6 Å². The first kappa shape index (κ1) is 16.9. The molecule has 1 aromatic carbocycles. The summed E-state index contributed by atoms with van der Waals surface area (Å²) in [6, 6.07) is 11.3. The molecule has 0 saturated carbocycles. The van der Waals surface area contributed by atoms with Crippen LogP contribution >= 0.6 is 11.3 Å². The molecule has 0 unspecified atom stereocenters. The highest BCUT2D eigenvalue weighted by Gasteiger charge is 2.16. The molecule has 5 heteroatoms. The predicted molar refractivity (Wildman–Crippen MR) is 100 cm³/mol. The zero-order chi connectivity index (χ0) is 18.0. The molecular weight excluding hydrogens is 330 g/mol. The van der Waals surface area contributed by atoms with Gasteiger partial charge in [0, 0.05) is 28.5 Å². The minimum absolute atomic E-state index is 0.130. The average Bonchev–Trinajstić information content (AvgIpc) is 3.20. The van der Waals surface area contributed by atoms with Gasteiger partial charge in [-0.2, -0.15) is 5.26 Å². The highest BCUT2D eigenvalue weighted by atomic mass is 32.1. The van der Waals surface area contributed by atoms with Gasteiger partial charge in [0.2, 0.25) is 5.78 Å². The van der Waals surface area contributed by atoms with E-state index >= 15 is 0 Å². The topological polar surface area (TPSA) is 58.7 Å². The zero-order valence-electron chi connectivity index (χ0n) is 14.3. The number of allylic oxidation sites excluding steroid dienone is 1. The van der Waals surface area contributed by atoms with E-state index in [0.29, 0.717) is 5.56 Å². The van der Waals surface area contributed by atoms with Crippen LogP contribution in [-0.2, 0) is 0 Å². The van der Waals surface area contributed by atoms with Gasteiger partial charge in [-0.3, -0.25) is 9.36 Å². The number of thiazole rings is 1. The Morgan fingerprint density at radius 3 is 2.72 bits per heavy atom. The molecule has 0 aliphatic rings. The zero-order valence-corrected chi connectivity index (χ0v) is 15.1. The summed E-state index contributed by atoms with van der Waals surface area (Å²) in [7, 11) is 0. The van der Waals surface area contributed by atoms with Gasteiger partial charge in [-0.05, 0) is 44.5 Å². The molecule has 0 atom stereocenters. The van der Waals surface area contributed by atoms with E-state index in [9.17, 15) is 10.1 Å². The Labute approximate surface area is 150 Å². The third-order valence-electron chi connectivity index (χ3n) is 4.03. The fraction of sp³-hybridized carbons (Fsp3) is 0.150. The first-order chi connectivity index (χ1) is 12.0. The molecule has 0 saturated heterocycles. The Bertz CT molecular complexity index is 1000. The van der Waals surface area contributed by atoms with Crippen molar-refractivity contribution in [2.75, 3.05) is 0 Å². The van der Waals surface area contributed by atoms with Gasteiger partial charge in [0.25, 0.3) is 0 Å². The minimum Gasteiger partial charge on any atom is -0.294 e. The van der Waals surface area contributed by atoms with Crippen LogP contribution < -0.4 is 0 Å². The van der Waals surface area contributed by atoms with E-state index in [1.807, 2.05) is 55.0 Å². The number of ketones is 1. The highest BCUT2D eigenvalue weighted by molar-refractivity contribution is 7.12. The number of benzene rings is 1. The standard InChI is InChI=1S/C20H17N3OS/c1-13-5-4-6-16(9-13)19(24)18(12-21)11-17-10-14(2)23(15(17)3)20-22-7-8-25-20/h4-11H,1-3H3/b18-11+. The number of aryl methyl sites for hydroxylation is 2. The van der Waals surface area contributed by atoms with Crippen LogP contribution in [-0.4, -0.2) is 15.3 Å². The Morgan fingerprint density at radius 2 is 2.08 bits per heavy atom. The van der Waals surface area contributed by atoms with Gasteiger partial charge in [-0.1, -0.05) is 23.8 Å². The Balaban J connectivity index is 2.03. The smallest absolute Gasteiger partial charge is 0.203 e. The number of rotatable bonds is 4. The Hall–Kier alpha value is -2.97. The molecular formula is C20H17N3OS. The molecule has 2 heterocycles. The summed E-state index contributed by atoms with van der Waals surface area (Å²) in [6.45, 7) is 5.88. The molecule has 0 aliphatic heterocycles. The van der Waals surface area contributed by atoms with E-state index in [1.165, 1.54) is 0 Å². The van der Waals surface area contributed by atoms with Crippen molar-refractivity contribution in [1.29, 1.82) is 5.26 Å². The quantitative estimate of drug-likeness (QED) is 0.392. The summed E-state index contributed by atoms with van der Waals surface area (Å²) in [5.74, 6) is -0.259. The van der Waals surface area contributed by atoms with Crippen LogP contribution in [0.15, 0.2) is 47.5 Å². The second-order valence-electron chi connectivity index (χ2n) is 5.84. The van der Waals surface area contributed by atoms with Crippen LogP contribution in [0.25, 0.3) is 11.2 Å². The van der Waals surface area contributed by atoms with Crippen molar-refractivity contribution >= 4 is 23.2 Å². The molecule has 25 heavy (non-hydrogen) atoms. The molecule has 4 nitrogen and oxygen atoms in total. The second-order valence-corrected chi connectivity index (χ2v) is 6.72. The fourth-order valence-electron chi connectivity index (χ4n) is 2.80. The number of aromatic nitrogens is 2. The lowest BCUT2D eigenvalue weighted by molar-refractivity contribution is 0.104. The summed E-state index contributed by atoms with van der Waals surface area (Å²) in [5.41, 5.74) is 4.47. The molecule has 3 rings (SSSR count). The highest BCUT2D eigenvalue weighted by Crippen LogP contribution is 2.24. The van der Waals surface area contributed by atoms with Gasteiger partial charge in [0.15, 0.2) is 5.13 Å². The maximum Gasteiger partial charge on any atom is 0.203 e. The lowest BCUT2D eigenvalue weighted by atomic mass is 10.0. The van der Waals surface area contributed by atoms with Crippen molar-refractivity contribution in [2.45, 2.75) is 20.8 Å². The van der Waals surface area contributed by atoms with Gasteiger partial charge in [0.1, 0.15) is 11.6 Å². The largest absolute Gasteiger partial charge is 0.294 e. The van der Waals surface area contributed by atoms with E-state index < -0.39 is 0 Å². The first-order valence-electron chi connectivity index (χ1n) is 7.83. The number of Topliss-reactive ketones (excluding diaryl/α,β-unsaturated/α-hetero) is 1. The number of nitriles is 1. The summed E-state index contributed by atoms with van der Waals surface area (Å²) in [6.07, 6.45) is 3.42. The van der Waals surface area contributed by atoms with Crippen LogP contribution in [0.1, 0.15) is 32.9 Å². The summed E-state index contributed by atoms with van der Waals surface area (Å²) >= 11 is 1.55. The summed E-state index contributed by atoms with van der Waals surface area (Å²) < 4.78 is 2.03. The number of nitrogens with zero attached hydrogens (tertiary/aromatic N) is 3. The van der Waals surface area contributed by atoms with Crippen molar-refractivity contribution < 1.29 is 4.79 Å². The van der Waals surface area contributed by atoms with Crippen LogP contribution in [0, 0.1) is 32.1 Å². The average molecular weight is 347 g/mol. The number of carbonyl (C=O) groups excluding carboxylic acids is 1. The molecule has 3 aromatic rings. The van der Waals surface area contributed by atoms with Crippen LogP contribution in [0.5, 0.6) is 0 Å². The first-order valence-corrected chi connectivity index (χ1v) is 8.71. The third-order valence-corrected chi connectivity index (χ3v) is 4.78. The van der Waals surface area contributed by atoms with Crippen LogP contribution in [0.3, 0.4) is 0 Å². The van der Waals surface area contributed by atoms with E-state index in [1.54, 1.807) is 35.7 Å². The monoisotopic (exact) mass is 347 g/mol. The molecule has 0 bridgehead atoms. The van der Waals surface area contributed by atoms with Crippen LogP contribution in [0.4, 0.5) is 0 Å². The Morgan fingerprint density at radius 1 is 1.28 bits per heavy atom. The normalized spacial score (nSPS) is 11.4.